The highest BCUT2D eigenvalue weighted by Gasteiger charge is 2.15. The maximum absolute atomic E-state index is 10.6. The molecule has 0 spiro atoms. The van der Waals surface area contributed by atoms with Crippen molar-refractivity contribution in [3.05, 3.63) is 103 Å². The van der Waals surface area contributed by atoms with Crippen molar-refractivity contribution in [2.45, 2.75) is 52.9 Å². The van der Waals surface area contributed by atoms with Gasteiger partial charge in [0.1, 0.15) is 0 Å². The Morgan fingerprint density at radius 2 is 1.79 bits per heavy atom. The average Bonchev–Trinajstić information content (AvgIpc) is 2.69. The first-order valence-electron chi connectivity index (χ1n) is 10.1. The monoisotopic (exact) mass is 392 g/mol. The third-order valence-corrected chi connectivity index (χ3v) is 4.23. The van der Waals surface area contributed by atoms with E-state index in [1.165, 1.54) is 27.8 Å². The lowest BCUT2D eigenvalue weighted by molar-refractivity contribution is -0.137. The molecule has 1 N–H and O–H groups in total. The Balaban J connectivity index is 0.000000838. The maximum Gasteiger partial charge on any atom is 0.303 e. The van der Waals surface area contributed by atoms with E-state index in [0.29, 0.717) is 6.42 Å². The molecule has 2 nitrogen and oxygen atoms in total. The minimum absolute atomic E-state index is 0.236. The summed E-state index contributed by atoms with van der Waals surface area (Å²) in [6, 6.07) is 6.50. The third kappa shape index (κ3) is 10.3. The second-order valence-electron chi connectivity index (χ2n) is 6.55. The first-order valence-corrected chi connectivity index (χ1v) is 10.1. The van der Waals surface area contributed by atoms with Gasteiger partial charge in [0, 0.05) is 6.42 Å². The molecule has 156 valence electrons. The zero-order valence-corrected chi connectivity index (χ0v) is 18.3. The summed E-state index contributed by atoms with van der Waals surface area (Å²) in [5.74, 6) is -0.721. The van der Waals surface area contributed by atoms with Crippen LogP contribution in [0.1, 0.15) is 56.7 Å². The first-order chi connectivity index (χ1) is 14.0. The van der Waals surface area contributed by atoms with Crippen LogP contribution in [-0.4, -0.2) is 11.1 Å². The van der Waals surface area contributed by atoms with Crippen molar-refractivity contribution >= 4 is 11.5 Å². The molecule has 0 unspecified atom stereocenters. The Hall–Kier alpha value is -2.87. The molecule has 0 bridgehead atoms. The summed E-state index contributed by atoms with van der Waals surface area (Å²) in [5.41, 5.74) is 6.43. The fraction of sp³-hybridized carbons (Fsp3) is 0.296. The summed E-state index contributed by atoms with van der Waals surface area (Å²) in [6.45, 7) is 16.7. The highest BCUT2D eigenvalue weighted by atomic mass is 16.4. The summed E-state index contributed by atoms with van der Waals surface area (Å²) < 4.78 is 0. The molecule has 0 fully saturated rings. The van der Waals surface area contributed by atoms with E-state index in [0.717, 1.165) is 19.3 Å². The van der Waals surface area contributed by atoms with Gasteiger partial charge in [0.2, 0.25) is 0 Å². The van der Waals surface area contributed by atoms with E-state index in [2.05, 4.69) is 50.1 Å². The van der Waals surface area contributed by atoms with Crippen molar-refractivity contribution in [1.29, 1.82) is 0 Å². The van der Waals surface area contributed by atoms with Gasteiger partial charge in [0.05, 0.1) is 0 Å². The quantitative estimate of drug-likeness (QED) is 0.385. The molecule has 1 aliphatic rings. The van der Waals surface area contributed by atoms with E-state index in [9.17, 15) is 4.79 Å². The molecule has 0 saturated carbocycles. The zero-order chi connectivity index (χ0) is 22.1. The fourth-order valence-electron chi connectivity index (χ4n) is 3.04. The molecule has 1 aromatic rings. The number of carboxylic acid groups (broad SMARTS) is 1. The highest BCUT2D eigenvalue weighted by molar-refractivity contribution is 5.81. The van der Waals surface area contributed by atoms with Crippen LogP contribution in [0.15, 0.2) is 86.0 Å². The molecule has 0 radical (unpaired) electrons. The number of fused-ring (bicyclic) bond motifs is 1. The van der Waals surface area contributed by atoms with Gasteiger partial charge in [-0.3, -0.25) is 4.79 Å². The van der Waals surface area contributed by atoms with E-state index in [4.69, 9.17) is 5.11 Å². The number of aryl methyl sites for hydroxylation is 2. The number of hydrogen-bond donors (Lipinski definition) is 1. The first kappa shape index (κ1) is 26.1. The van der Waals surface area contributed by atoms with Crippen LogP contribution >= 0.6 is 0 Å². The number of benzene rings is 1. The molecule has 0 saturated heterocycles. The number of carboxylic acids is 1. The van der Waals surface area contributed by atoms with Gasteiger partial charge in [-0.05, 0) is 74.3 Å². The Bertz CT molecular complexity index is 761. The Labute approximate surface area is 177 Å². The van der Waals surface area contributed by atoms with Gasteiger partial charge >= 0.3 is 5.97 Å². The van der Waals surface area contributed by atoms with Crippen LogP contribution in [0.4, 0.5) is 0 Å². The van der Waals surface area contributed by atoms with Crippen molar-refractivity contribution in [2.75, 3.05) is 0 Å². The van der Waals surface area contributed by atoms with Crippen molar-refractivity contribution in [2.24, 2.45) is 0 Å². The molecule has 0 amide bonds. The minimum Gasteiger partial charge on any atom is -0.481 e. The Morgan fingerprint density at radius 1 is 1.10 bits per heavy atom. The lowest BCUT2D eigenvalue weighted by atomic mass is 9.84. The van der Waals surface area contributed by atoms with Crippen LogP contribution < -0.4 is 0 Å². The van der Waals surface area contributed by atoms with Crippen molar-refractivity contribution < 1.29 is 9.90 Å². The normalized spacial score (nSPS) is 12.4. The molecule has 29 heavy (non-hydrogen) atoms. The third-order valence-electron chi connectivity index (χ3n) is 4.23. The van der Waals surface area contributed by atoms with Gasteiger partial charge in [-0.15, -0.1) is 6.58 Å². The van der Waals surface area contributed by atoms with Crippen LogP contribution in [-0.2, 0) is 17.6 Å². The van der Waals surface area contributed by atoms with Crippen LogP contribution in [0, 0.1) is 0 Å². The van der Waals surface area contributed by atoms with Gasteiger partial charge in [-0.1, -0.05) is 73.9 Å². The molecule has 0 aliphatic heterocycles. The molecule has 0 atom stereocenters. The van der Waals surface area contributed by atoms with Crippen LogP contribution in [0.3, 0.4) is 0 Å². The van der Waals surface area contributed by atoms with Crippen molar-refractivity contribution in [3.63, 3.8) is 0 Å². The maximum atomic E-state index is 10.6. The number of rotatable bonds is 7. The SMILES string of the molecule is C=C/C=C\C.C=CC.C=CC1=C(/C=C\C)CCc2cc(CCCC(=O)O)ccc21. The molecule has 2 heteroatoms. The summed E-state index contributed by atoms with van der Waals surface area (Å²) in [7, 11) is 0. The van der Waals surface area contributed by atoms with Crippen molar-refractivity contribution in [1.82, 2.24) is 0 Å². The van der Waals surface area contributed by atoms with Crippen molar-refractivity contribution in [3.8, 4) is 0 Å². The van der Waals surface area contributed by atoms with E-state index in [1.807, 2.05) is 39.0 Å². The van der Waals surface area contributed by atoms with E-state index < -0.39 is 5.97 Å². The summed E-state index contributed by atoms with van der Waals surface area (Å²) in [5, 5.41) is 8.71. The zero-order valence-electron chi connectivity index (χ0n) is 18.3. The molecular formula is C27H36O2. The number of aliphatic carboxylic acids is 1. The van der Waals surface area contributed by atoms with Gasteiger partial charge in [-0.2, -0.15) is 0 Å². The van der Waals surface area contributed by atoms with Crippen LogP contribution in [0.2, 0.25) is 0 Å². The lowest BCUT2D eigenvalue weighted by Crippen LogP contribution is -2.04. The van der Waals surface area contributed by atoms with E-state index >= 15 is 0 Å². The summed E-state index contributed by atoms with van der Waals surface area (Å²) >= 11 is 0. The number of allylic oxidation sites excluding steroid dienone is 9. The fourth-order valence-corrected chi connectivity index (χ4v) is 3.04. The van der Waals surface area contributed by atoms with Crippen LogP contribution in [0.25, 0.3) is 5.57 Å². The van der Waals surface area contributed by atoms with Gasteiger partial charge < -0.3 is 5.11 Å². The topological polar surface area (TPSA) is 37.3 Å². The standard InChI is InChI=1S/C19H22O2.C5H8.C3H6/c1-3-6-15-10-11-16-13-14(7-5-8-19(20)21)9-12-18(16)17(15)4-2;1-3-5-4-2;1-3-2/h3-4,6,9,12-13H,2,5,7-8,10-11H2,1H3,(H,20,21);3-5H,1H2,2H3;3H,1H2,2H3/b6-3-;5-4-;. The predicted octanol–water partition coefficient (Wildman–Crippen LogP) is 7.50. The smallest absolute Gasteiger partial charge is 0.303 e. The minimum atomic E-state index is -0.721. The molecule has 1 aliphatic carbocycles. The Kier molecular flexibility index (Phi) is 14.5. The lowest BCUT2D eigenvalue weighted by Gasteiger charge is -2.21. The van der Waals surface area contributed by atoms with Gasteiger partial charge in [0.25, 0.3) is 0 Å². The molecule has 2 rings (SSSR count). The van der Waals surface area contributed by atoms with E-state index in [-0.39, 0.29) is 6.42 Å². The average molecular weight is 393 g/mol. The molecule has 0 heterocycles. The predicted molar refractivity (Wildman–Crippen MR) is 128 cm³/mol. The van der Waals surface area contributed by atoms with E-state index in [1.54, 1.807) is 12.2 Å². The largest absolute Gasteiger partial charge is 0.481 e. The van der Waals surface area contributed by atoms with Crippen LogP contribution in [0.5, 0.6) is 0 Å². The summed E-state index contributed by atoms with van der Waals surface area (Å²) in [6.07, 6.45) is 17.3. The Morgan fingerprint density at radius 3 is 2.28 bits per heavy atom. The molecule has 0 aromatic heterocycles. The van der Waals surface area contributed by atoms with Gasteiger partial charge in [-0.25, -0.2) is 0 Å². The second-order valence-corrected chi connectivity index (χ2v) is 6.55. The molecular weight excluding hydrogens is 356 g/mol. The number of hydrogen-bond acceptors (Lipinski definition) is 1. The summed E-state index contributed by atoms with van der Waals surface area (Å²) in [4.78, 5) is 10.6. The second kappa shape index (κ2) is 16.1. The number of carbonyl (C=O) groups is 1. The molecule has 1 aromatic carbocycles. The van der Waals surface area contributed by atoms with Gasteiger partial charge in [0.15, 0.2) is 0 Å². The highest BCUT2D eigenvalue weighted by Crippen LogP contribution is 2.33.